The van der Waals surface area contributed by atoms with Crippen molar-refractivity contribution in [1.29, 1.82) is 0 Å². The summed E-state index contributed by atoms with van der Waals surface area (Å²) in [5.74, 6) is -0.520. The van der Waals surface area contributed by atoms with Crippen LogP contribution in [-0.4, -0.2) is 11.8 Å². The summed E-state index contributed by atoms with van der Waals surface area (Å²) in [6.45, 7) is 5.21. The van der Waals surface area contributed by atoms with Gasteiger partial charge in [0.2, 0.25) is 0 Å². The van der Waals surface area contributed by atoms with E-state index < -0.39 is 6.04 Å². The van der Waals surface area contributed by atoms with Crippen molar-refractivity contribution in [2.24, 2.45) is 5.73 Å². The predicted molar refractivity (Wildman–Crippen MR) is 58.3 cm³/mol. The Morgan fingerprint density at radius 2 is 2.33 bits per heavy atom. The molecule has 1 unspecified atom stereocenters. The minimum Gasteiger partial charge on any atom is -0.321 e. The molecular weight excluding hydrogens is 193 g/mol. The molecular formula is C12H14FNO. The minimum absolute atomic E-state index is 0.174. The Labute approximate surface area is 88.6 Å². The summed E-state index contributed by atoms with van der Waals surface area (Å²) in [5.41, 5.74) is 6.74. The molecule has 0 saturated carbocycles. The highest BCUT2D eigenvalue weighted by atomic mass is 19.1. The maximum Gasteiger partial charge on any atom is 0.180 e. The molecule has 1 atom stereocenters. The van der Waals surface area contributed by atoms with Crippen molar-refractivity contribution in [3.05, 3.63) is 47.8 Å². The second kappa shape index (κ2) is 4.84. The van der Waals surface area contributed by atoms with Crippen LogP contribution in [-0.2, 0) is 0 Å². The van der Waals surface area contributed by atoms with Crippen molar-refractivity contribution in [3.8, 4) is 0 Å². The number of ketones is 1. The fourth-order valence-corrected chi connectivity index (χ4v) is 1.39. The Balaban J connectivity index is 2.96. The zero-order chi connectivity index (χ0) is 11.4. The lowest BCUT2D eigenvalue weighted by Gasteiger charge is -2.10. The molecule has 1 rings (SSSR count). The Bertz CT molecular complexity index is 387. The van der Waals surface area contributed by atoms with Gasteiger partial charge in [0.25, 0.3) is 0 Å². The smallest absolute Gasteiger partial charge is 0.180 e. The topological polar surface area (TPSA) is 43.1 Å². The van der Waals surface area contributed by atoms with Crippen LogP contribution in [0.5, 0.6) is 0 Å². The van der Waals surface area contributed by atoms with E-state index in [1.165, 1.54) is 18.2 Å². The van der Waals surface area contributed by atoms with E-state index in [1.54, 1.807) is 13.0 Å². The molecule has 2 nitrogen and oxygen atoms in total. The molecule has 2 N–H and O–H groups in total. The van der Waals surface area contributed by atoms with Gasteiger partial charge < -0.3 is 5.73 Å². The second-order valence-corrected chi connectivity index (χ2v) is 3.45. The van der Waals surface area contributed by atoms with E-state index in [-0.39, 0.29) is 11.6 Å². The van der Waals surface area contributed by atoms with E-state index in [0.29, 0.717) is 17.5 Å². The lowest BCUT2D eigenvalue weighted by molar-refractivity contribution is 0.0961. The first-order valence-corrected chi connectivity index (χ1v) is 4.73. The Morgan fingerprint density at radius 1 is 1.67 bits per heavy atom. The molecule has 80 valence electrons. The number of benzene rings is 1. The van der Waals surface area contributed by atoms with Gasteiger partial charge in [-0.2, -0.15) is 0 Å². The predicted octanol–water partition coefficient (Wildman–Crippen LogP) is 2.22. The number of rotatable bonds is 4. The summed E-state index contributed by atoms with van der Waals surface area (Å²) < 4.78 is 12.8. The number of hydrogen-bond acceptors (Lipinski definition) is 2. The van der Waals surface area contributed by atoms with Crippen molar-refractivity contribution >= 4 is 5.78 Å². The van der Waals surface area contributed by atoms with Gasteiger partial charge in [0.05, 0.1) is 6.04 Å². The highest BCUT2D eigenvalue weighted by molar-refractivity contribution is 6.01. The molecule has 1 aromatic rings. The SMILES string of the molecule is C=CCC(N)C(=O)c1ccc(F)cc1C. The molecule has 0 bridgehead atoms. The largest absolute Gasteiger partial charge is 0.321 e. The number of hydrogen-bond donors (Lipinski definition) is 1. The zero-order valence-electron chi connectivity index (χ0n) is 8.66. The van der Waals surface area contributed by atoms with Crippen molar-refractivity contribution < 1.29 is 9.18 Å². The number of nitrogens with two attached hydrogens (primary N) is 1. The molecule has 0 aliphatic carbocycles. The molecule has 3 heteroatoms. The van der Waals surface area contributed by atoms with E-state index in [9.17, 15) is 9.18 Å². The first kappa shape index (κ1) is 11.6. The number of halogens is 1. The maximum atomic E-state index is 12.8. The molecule has 1 aromatic carbocycles. The molecule has 0 heterocycles. The van der Waals surface area contributed by atoms with Crippen LogP contribution < -0.4 is 5.73 Å². The third-order valence-corrected chi connectivity index (χ3v) is 2.21. The number of Topliss-reactive ketones (excluding diaryl/α,β-unsaturated/α-hetero) is 1. The first-order valence-electron chi connectivity index (χ1n) is 4.73. The van der Waals surface area contributed by atoms with Gasteiger partial charge in [-0.25, -0.2) is 4.39 Å². The Kier molecular flexibility index (Phi) is 3.74. The van der Waals surface area contributed by atoms with Crippen molar-refractivity contribution in [1.82, 2.24) is 0 Å². The highest BCUT2D eigenvalue weighted by Crippen LogP contribution is 2.13. The van der Waals surface area contributed by atoms with Crippen LogP contribution in [0.1, 0.15) is 22.3 Å². The third kappa shape index (κ3) is 2.73. The Morgan fingerprint density at radius 3 is 2.87 bits per heavy atom. The summed E-state index contributed by atoms with van der Waals surface area (Å²) in [6, 6.07) is 3.47. The molecule has 0 radical (unpaired) electrons. The van der Waals surface area contributed by atoms with Gasteiger partial charge in [-0.1, -0.05) is 6.08 Å². The van der Waals surface area contributed by atoms with E-state index >= 15 is 0 Å². The van der Waals surface area contributed by atoms with Gasteiger partial charge >= 0.3 is 0 Å². The summed E-state index contributed by atoms with van der Waals surface area (Å²) in [4.78, 5) is 11.8. The van der Waals surface area contributed by atoms with Crippen molar-refractivity contribution in [2.75, 3.05) is 0 Å². The lowest BCUT2D eigenvalue weighted by Crippen LogP contribution is -2.30. The van der Waals surface area contributed by atoms with Gasteiger partial charge in [0.15, 0.2) is 5.78 Å². The quantitative estimate of drug-likeness (QED) is 0.607. The molecule has 0 spiro atoms. The number of carbonyl (C=O) groups is 1. The van der Waals surface area contributed by atoms with E-state index in [0.717, 1.165) is 0 Å². The number of carbonyl (C=O) groups excluding carboxylic acids is 1. The monoisotopic (exact) mass is 207 g/mol. The van der Waals surface area contributed by atoms with Crippen LogP contribution in [0, 0.1) is 12.7 Å². The number of aryl methyl sites for hydroxylation is 1. The molecule has 0 aliphatic heterocycles. The van der Waals surface area contributed by atoms with Crippen LogP contribution in [0.15, 0.2) is 30.9 Å². The van der Waals surface area contributed by atoms with Crippen LogP contribution >= 0.6 is 0 Å². The third-order valence-electron chi connectivity index (χ3n) is 2.21. The summed E-state index contributed by atoms with van der Waals surface area (Å²) in [5, 5.41) is 0. The average Bonchev–Trinajstić information content (AvgIpc) is 2.17. The van der Waals surface area contributed by atoms with Crippen LogP contribution in [0.25, 0.3) is 0 Å². The molecule has 0 amide bonds. The first-order chi connectivity index (χ1) is 7.06. The normalized spacial score (nSPS) is 12.2. The fourth-order valence-electron chi connectivity index (χ4n) is 1.39. The summed E-state index contributed by atoms with van der Waals surface area (Å²) in [7, 11) is 0. The summed E-state index contributed by atoms with van der Waals surface area (Å²) >= 11 is 0. The molecule has 0 fully saturated rings. The molecule has 15 heavy (non-hydrogen) atoms. The maximum absolute atomic E-state index is 12.8. The average molecular weight is 207 g/mol. The van der Waals surface area contributed by atoms with E-state index in [4.69, 9.17) is 5.73 Å². The highest BCUT2D eigenvalue weighted by Gasteiger charge is 2.16. The van der Waals surface area contributed by atoms with Crippen molar-refractivity contribution in [2.45, 2.75) is 19.4 Å². The van der Waals surface area contributed by atoms with Crippen molar-refractivity contribution in [3.63, 3.8) is 0 Å². The summed E-state index contributed by atoms with van der Waals surface area (Å²) in [6.07, 6.45) is 2.02. The van der Waals surface area contributed by atoms with E-state index in [1.807, 2.05) is 0 Å². The minimum atomic E-state index is -0.591. The van der Waals surface area contributed by atoms with Gasteiger partial charge in [-0.3, -0.25) is 4.79 Å². The fraction of sp³-hybridized carbons (Fsp3) is 0.250. The van der Waals surface area contributed by atoms with Gasteiger partial charge in [0.1, 0.15) is 5.82 Å². The van der Waals surface area contributed by atoms with E-state index in [2.05, 4.69) is 6.58 Å². The van der Waals surface area contributed by atoms with Crippen LogP contribution in [0.4, 0.5) is 4.39 Å². The second-order valence-electron chi connectivity index (χ2n) is 3.45. The van der Waals surface area contributed by atoms with Gasteiger partial charge in [-0.05, 0) is 37.1 Å². The van der Waals surface area contributed by atoms with Gasteiger partial charge in [-0.15, -0.1) is 6.58 Å². The molecule has 0 aromatic heterocycles. The van der Waals surface area contributed by atoms with Crippen LogP contribution in [0.3, 0.4) is 0 Å². The van der Waals surface area contributed by atoms with Crippen LogP contribution in [0.2, 0.25) is 0 Å². The molecule has 0 aliphatic rings. The Hall–Kier alpha value is -1.48. The standard InChI is InChI=1S/C12H14FNO/c1-3-4-11(14)12(15)10-6-5-9(13)7-8(10)2/h3,5-7,11H,1,4,14H2,2H3. The lowest BCUT2D eigenvalue weighted by atomic mass is 9.98. The zero-order valence-corrected chi connectivity index (χ0v) is 8.66. The molecule has 0 saturated heterocycles. The van der Waals surface area contributed by atoms with Gasteiger partial charge in [0, 0.05) is 5.56 Å².